The summed E-state index contributed by atoms with van der Waals surface area (Å²) in [5.41, 5.74) is 2.49. The van der Waals surface area contributed by atoms with E-state index in [0.717, 1.165) is 16.7 Å². The van der Waals surface area contributed by atoms with Gasteiger partial charge in [-0.3, -0.25) is 9.55 Å². The summed E-state index contributed by atoms with van der Waals surface area (Å²) in [7, 11) is 0. The summed E-state index contributed by atoms with van der Waals surface area (Å²) in [5.74, 6) is 1.00. The molecule has 0 unspecified atom stereocenters. The number of alkyl halides is 1. The predicted octanol–water partition coefficient (Wildman–Crippen LogP) is 4.47. The average Bonchev–Trinajstić information content (AvgIpc) is 2.77. The van der Waals surface area contributed by atoms with Crippen molar-refractivity contribution < 1.29 is 0 Å². The molecule has 0 spiro atoms. The Bertz CT molecular complexity index is 752. The molecule has 0 fully saturated rings. The Morgan fingerprint density at radius 1 is 1.16 bits per heavy atom. The zero-order valence-electron chi connectivity index (χ0n) is 9.65. The fraction of sp³-hybridized carbons (Fsp3) is 0.0769. The van der Waals surface area contributed by atoms with Gasteiger partial charge in [-0.2, -0.15) is 0 Å². The first kappa shape index (κ1) is 12.7. The molecule has 2 heterocycles. The molecule has 0 saturated heterocycles. The molecule has 2 aromatic heterocycles. The summed E-state index contributed by atoms with van der Waals surface area (Å²) >= 11 is 18.1. The third-order valence-corrected chi connectivity index (χ3v) is 3.57. The van der Waals surface area contributed by atoms with Crippen LogP contribution in [0.4, 0.5) is 0 Å². The van der Waals surface area contributed by atoms with Crippen molar-refractivity contribution in [1.29, 1.82) is 0 Å². The first-order valence-electron chi connectivity index (χ1n) is 5.53. The summed E-state index contributed by atoms with van der Waals surface area (Å²) in [5, 5.41) is 1.14. The normalized spacial score (nSPS) is 11.1. The van der Waals surface area contributed by atoms with E-state index < -0.39 is 0 Å². The van der Waals surface area contributed by atoms with E-state index in [4.69, 9.17) is 34.8 Å². The molecule has 0 aliphatic heterocycles. The largest absolute Gasteiger partial charge is 0.294 e. The molecule has 6 heteroatoms. The molecular formula is C13H8Cl3N3. The molecule has 3 rings (SSSR count). The van der Waals surface area contributed by atoms with Crippen LogP contribution in [0, 0.1) is 0 Å². The zero-order valence-corrected chi connectivity index (χ0v) is 11.9. The van der Waals surface area contributed by atoms with Crippen LogP contribution >= 0.6 is 34.8 Å². The van der Waals surface area contributed by atoms with Gasteiger partial charge in [0, 0.05) is 11.2 Å². The Hall–Kier alpha value is -1.29. The second kappa shape index (κ2) is 5.00. The topological polar surface area (TPSA) is 30.7 Å². The maximum Gasteiger partial charge on any atom is 0.129 e. The summed E-state index contributed by atoms with van der Waals surface area (Å²) in [6.07, 6.45) is 3.41. The van der Waals surface area contributed by atoms with E-state index in [1.165, 1.54) is 0 Å². The van der Waals surface area contributed by atoms with Gasteiger partial charge in [0.2, 0.25) is 0 Å². The van der Waals surface area contributed by atoms with E-state index in [2.05, 4.69) is 9.97 Å². The number of hydrogen-bond donors (Lipinski definition) is 0. The molecule has 0 aliphatic carbocycles. The molecule has 3 nitrogen and oxygen atoms in total. The SMILES string of the molecule is ClCc1nc2cnccc2n1-c1ccc(Cl)cc1Cl. The molecule has 19 heavy (non-hydrogen) atoms. The fourth-order valence-electron chi connectivity index (χ4n) is 2.00. The highest BCUT2D eigenvalue weighted by atomic mass is 35.5. The van der Waals surface area contributed by atoms with E-state index in [1.807, 2.05) is 16.7 Å². The lowest BCUT2D eigenvalue weighted by molar-refractivity contribution is 0.982. The van der Waals surface area contributed by atoms with E-state index in [-0.39, 0.29) is 5.88 Å². The highest BCUT2D eigenvalue weighted by Gasteiger charge is 2.14. The Labute approximate surface area is 124 Å². The van der Waals surface area contributed by atoms with Crippen LogP contribution in [0.25, 0.3) is 16.7 Å². The Morgan fingerprint density at radius 2 is 2.00 bits per heavy atom. The predicted molar refractivity (Wildman–Crippen MR) is 78.4 cm³/mol. The van der Waals surface area contributed by atoms with Gasteiger partial charge in [0.05, 0.1) is 28.3 Å². The highest BCUT2D eigenvalue weighted by Crippen LogP contribution is 2.29. The molecule has 0 radical (unpaired) electrons. The number of benzene rings is 1. The Kier molecular flexibility index (Phi) is 3.35. The van der Waals surface area contributed by atoms with Crippen molar-refractivity contribution in [1.82, 2.24) is 14.5 Å². The van der Waals surface area contributed by atoms with E-state index in [9.17, 15) is 0 Å². The van der Waals surface area contributed by atoms with Crippen LogP contribution < -0.4 is 0 Å². The van der Waals surface area contributed by atoms with Crippen molar-refractivity contribution >= 4 is 45.8 Å². The standard InChI is InChI=1S/C13H8Cl3N3/c14-6-13-18-10-7-17-4-3-12(10)19(13)11-2-1-8(15)5-9(11)16/h1-5,7H,6H2. The fourth-order valence-corrected chi connectivity index (χ4v) is 2.68. The summed E-state index contributed by atoms with van der Waals surface area (Å²) in [6, 6.07) is 7.21. The lowest BCUT2D eigenvalue weighted by atomic mass is 10.3. The number of fused-ring (bicyclic) bond motifs is 1. The first-order valence-corrected chi connectivity index (χ1v) is 6.82. The van der Waals surface area contributed by atoms with E-state index in [1.54, 1.807) is 24.5 Å². The van der Waals surface area contributed by atoms with E-state index in [0.29, 0.717) is 15.9 Å². The van der Waals surface area contributed by atoms with Gasteiger partial charge in [-0.15, -0.1) is 11.6 Å². The van der Waals surface area contributed by atoms with Gasteiger partial charge in [-0.05, 0) is 24.3 Å². The number of hydrogen-bond acceptors (Lipinski definition) is 2. The van der Waals surface area contributed by atoms with Crippen molar-refractivity contribution in [3.05, 3.63) is 52.5 Å². The van der Waals surface area contributed by atoms with Crippen LogP contribution in [0.15, 0.2) is 36.7 Å². The maximum absolute atomic E-state index is 6.26. The molecule has 0 N–H and O–H groups in total. The van der Waals surface area contributed by atoms with Crippen LogP contribution in [0.1, 0.15) is 5.82 Å². The molecule has 3 aromatic rings. The van der Waals surface area contributed by atoms with Crippen LogP contribution in [-0.4, -0.2) is 14.5 Å². The lowest BCUT2D eigenvalue weighted by Crippen LogP contribution is -2.00. The maximum atomic E-state index is 6.26. The van der Waals surface area contributed by atoms with Crippen molar-refractivity contribution in [2.45, 2.75) is 5.88 Å². The van der Waals surface area contributed by atoms with Gasteiger partial charge in [0.25, 0.3) is 0 Å². The number of nitrogens with zero attached hydrogens (tertiary/aromatic N) is 3. The van der Waals surface area contributed by atoms with Crippen LogP contribution in [-0.2, 0) is 5.88 Å². The molecule has 0 bridgehead atoms. The summed E-state index contributed by atoms with van der Waals surface area (Å²) in [6.45, 7) is 0. The van der Waals surface area contributed by atoms with Crippen LogP contribution in [0.2, 0.25) is 10.0 Å². The second-order valence-corrected chi connectivity index (χ2v) is 5.07. The quantitative estimate of drug-likeness (QED) is 0.654. The molecular weight excluding hydrogens is 305 g/mol. The smallest absolute Gasteiger partial charge is 0.129 e. The third kappa shape index (κ3) is 2.18. The molecule has 0 amide bonds. The molecule has 0 aliphatic rings. The minimum Gasteiger partial charge on any atom is -0.294 e. The first-order chi connectivity index (χ1) is 9.20. The number of halogens is 3. The van der Waals surface area contributed by atoms with Gasteiger partial charge in [0.15, 0.2) is 0 Å². The third-order valence-electron chi connectivity index (χ3n) is 2.80. The summed E-state index contributed by atoms with van der Waals surface area (Å²) < 4.78 is 1.92. The van der Waals surface area contributed by atoms with Crippen LogP contribution in [0.5, 0.6) is 0 Å². The number of pyridine rings is 1. The molecule has 96 valence electrons. The average molecular weight is 313 g/mol. The number of aromatic nitrogens is 3. The van der Waals surface area contributed by atoms with Crippen molar-refractivity contribution in [3.63, 3.8) is 0 Å². The van der Waals surface area contributed by atoms with Gasteiger partial charge < -0.3 is 0 Å². The van der Waals surface area contributed by atoms with Crippen LogP contribution in [0.3, 0.4) is 0 Å². The Morgan fingerprint density at radius 3 is 2.74 bits per heavy atom. The number of rotatable bonds is 2. The minimum absolute atomic E-state index is 0.285. The second-order valence-electron chi connectivity index (χ2n) is 3.96. The van der Waals surface area contributed by atoms with Gasteiger partial charge in [0.1, 0.15) is 11.3 Å². The van der Waals surface area contributed by atoms with Gasteiger partial charge >= 0.3 is 0 Å². The lowest BCUT2D eigenvalue weighted by Gasteiger charge is -2.10. The zero-order chi connectivity index (χ0) is 13.4. The van der Waals surface area contributed by atoms with Gasteiger partial charge in [-0.25, -0.2) is 4.98 Å². The minimum atomic E-state index is 0.285. The molecule has 1 aromatic carbocycles. The van der Waals surface area contributed by atoms with Crippen molar-refractivity contribution in [3.8, 4) is 5.69 Å². The van der Waals surface area contributed by atoms with E-state index >= 15 is 0 Å². The Balaban J connectivity index is 2.34. The summed E-state index contributed by atoms with van der Waals surface area (Å²) in [4.78, 5) is 8.51. The molecule has 0 atom stereocenters. The highest BCUT2D eigenvalue weighted by molar-refractivity contribution is 6.35. The number of imidazole rings is 1. The monoisotopic (exact) mass is 311 g/mol. The van der Waals surface area contributed by atoms with Gasteiger partial charge in [-0.1, -0.05) is 23.2 Å². The molecule has 0 saturated carbocycles. The van der Waals surface area contributed by atoms with Crippen molar-refractivity contribution in [2.24, 2.45) is 0 Å². The van der Waals surface area contributed by atoms with Crippen molar-refractivity contribution in [2.75, 3.05) is 0 Å².